The van der Waals surface area contributed by atoms with E-state index in [4.69, 9.17) is 0 Å². The van der Waals surface area contributed by atoms with Gasteiger partial charge in [0.15, 0.2) is 0 Å². The molecule has 0 radical (unpaired) electrons. The predicted octanol–water partition coefficient (Wildman–Crippen LogP) is 4.85. The minimum atomic E-state index is -0.355. The molecule has 0 atom stereocenters. The lowest BCUT2D eigenvalue weighted by Gasteiger charge is -2.46. The zero-order valence-electron chi connectivity index (χ0n) is 12.9. The second-order valence-corrected chi connectivity index (χ2v) is 7.08. The van der Waals surface area contributed by atoms with Crippen LogP contribution in [0.3, 0.4) is 0 Å². The molecule has 0 unspecified atom stereocenters. The standard InChI is InChI=1S/C18H30O2/c19-15-17(11-7-3-1-4-8-12-17)18(16-20)13-9-5-2-6-10-14-18/h15-16H,1-14H2. The molecule has 20 heavy (non-hydrogen) atoms. The molecule has 0 heterocycles. The van der Waals surface area contributed by atoms with Crippen molar-refractivity contribution in [3.05, 3.63) is 0 Å². The highest BCUT2D eigenvalue weighted by atomic mass is 16.1. The van der Waals surface area contributed by atoms with Crippen molar-refractivity contribution in [2.24, 2.45) is 10.8 Å². The third-order valence-corrected chi connectivity index (χ3v) is 5.93. The number of carbonyl (C=O) groups excluding carboxylic acids is 2. The Hall–Kier alpha value is -0.660. The van der Waals surface area contributed by atoms with Crippen LogP contribution < -0.4 is 0 Å². The van der Waals surface area contributed by atoms with Gasteiger partial charge in [-0.05, 0) is 25.7 Å². The van der Waals surface area contributed by atoms with Crippen LogP contribution in [0.5, 0.6) is 0 Å². The first-order valence-electron chi connectivity index (χ1n) is 8.71. The van der Waals surface area contributed by atoms with Crippen molar-refractivity contribution >= 4 is 12.6 Å². The van der Waals surface area contributed by atoms with E-state index in [1.54, 1.807) is 0 Å². The number of aldehydes is 2. The maximum Gasteiger partial charge on any atom is 0.127 e. The summed E-state index contributed by atoms with van der Waals surface area (Å²) >= 11 is 0. The highest BCUT2D eigenvalue weighted by molar-refractivity contribution is 5.73. The molecule has 2 fully saturated rings. The van der Waals surface area contributed by atoms with Gasteiger partial charge in [-0.15, -0.1) is 0 Å². The van der Waals surface area contributed by atoms with E-state index in [-0.39, 0.29) is 10.8 Å². The molecule has 2 nitrogen and oxygen atoms in total. The lowest BCUT2D eigenvalue weighted by molar-refractivity contribution is -0.139. The van der Waals surface area contributed by atoms with Gasteiger partial charge >= 0.3 is 0 Å². The van der Waals surface area contributed by atoms with Crippen LogP contribution in [0.2, 0.25) is 0 Å². The van der Waals surface area contributed by atoms with Gasteiger partial charge in [0.25, 0.3) is 0 Å². The van der Waals surface area contributed by atoms with Gasteiger partial charge in [-0.25, -0.2) is 0 Å². The third kappa shape index (κ3) is 3.15. The number of hydrogen-bond acceptors (Lipinski definition) is 2. The van der Waals surface area contributed by atoms with E-state index in [1.165, 1.54) is 51.1 Å². The molecule has 114 valence electrons. The Morgan fingerprint density at radius 2 is 0.700 bits per heavy atom. The fourth-order valence-corrected chi connectivity index (χ4v) is 4.54. The number of rotatable bonds is 3. The molecule has 2 saturated carbocycles. The fraction of sp³-hybridized carbons (Fsp3) is 0.889. The maximum atomic E-state index is 12.0. The van der Waals surface area contributed by atoms with E-state index < -0.39 is 0 Å². The van der Waals surface area contributed by atoms with E-state index in [0.29, 0.717) is 0 Å². The van der Waals surface area contributed by atoms with Gasteiger partial charge < -0.3 is 9.59 Å². The van der Waals surface area contributed by atoms with Gasteiger partial charge in [-0.3, -0.25) is 0 Å². The average molecular weight is 278 g/mol. The number of hydrogen-bond donors (Lipinski definition) is 0. The monoisotopic (exact) mass is 278 g/mol. The van der Waals surface area contributed by atoms with Crippen molar-refractivity contribution in [1.82, 2.24) is 0 Å². The summed E-state index contributed by atoms with van der Waals surface area (Å²) in [4.78, 5) is 24.1. The Balaban J connectivity index is 2.26. The Kier molecular flexibility index (Phi) is 5.80. The average Bonchev–Trinajstić information content (AvgIpc) is 2.40. The predicted molar refractivity (Wildman–Crippen MR) is 81.6 cm³/mol. The lowest BCUT2D eigenvalue weighted by Crippen LogP contribution is -2.45. The van der Waals surface area contributed by atoms with Crippen LogP contribution in [0.25, 0.3) is 0 Å². The van der Waals surface area contributed by atoms with Gasteiger partial charge in [0.1, 0.15) is 12.6 Å². The van der Waals surface area contributed by atoms with Crippen LogP contribution in [0.1, 0.15) is 89.9 Å². The van der Waals surface area contributed by atoms with Crippen molar-refractivity contribution in [3.63, 3.8) is 0 Å². The quantitative estimate of drug-likeness (QED) is 0.692. The van der Waals surface area contributed by atoms with E-state index in [0.717, 1.165) is 51.4 Å². The molecule has 2 heteroatoms. The van der Waals surface area contributed by atoms with Gasteiger partial charge in [-0.2, -0.15) is 0 Å². The molecule has 0 aromatic carbocycles. The Bertz CT molecular complexity index is 273. The molecule has 0 aromatic rings. The third-order valence-electron chi connectivity index (χ3n) is 5.93. The summed E-state index contributed by atoms with van der Waals surface area (Å²) < 4.78 is 0. The van der Waals surface area contributed by atoms with Crippen LogP contribution in [0.15, 0.2) is 0 Å². The van der Waals surface area contributed by atoms with Crippen molar-refractivity contribution in [2.75, 3.05) is 0 Å². The van der Waals surface area contributed by atoms with E-state index in [2.05, 4.69) is 0 Å². The Labute approximate surface area is 123 Å². The van der Waals surface area contributed by atoms with Crippen LogP contribution in [-0.2, 0) is 9.59 Å². The van der Waals surface area contributed by atoms with Crippen molar-refractivity contribution < 1.29 is 9.59 Å². The molecule has 0 N–H and O–H groups in total. The summed E-state index contributed by atoms with van der Waals surface area (Å²) in [5.41, 5.74) is -0.709. The van der Waals surface area contributed by atoms with Crippen LogP contribution in [-0.4, -0.2) is 12.6 Å². The second-order valence-electron chi connectivity index (χ2n) is 7.08. The molecule has 0 aliphatic heterocycles. The first kappa shape index (κ1) is 15.7. The fourth-order valence-electron chi connectivity index (χ4n) is 4.54. The van der Waals surface area contributed by atoms with Crippen LogP contribution in [0, 0.1) is 10.8 Å². The van der Waals surface area contributed by atoms with Crippen molar-refractivity contribution in [2.45, 2.75) is 89.9 Å². The lowest BCUT2D eigenvalue weighted by atomic mass is 9.55. The molecule has 0 spiro atoms. The van der Waals surface area contributed by atoms with E-state index in [9.17, 15) is 9.59 Å². The normalized spacial score (nSPS) is 27.4. The van der Waals surface area contributed by atoms with Gasteiger partial charge in [0.2, 0.25) is 0 Å². The molecule has 0 amide bonds. The van der Waals surface area contributed by atoms with Gasteiger partial charge in [0, 0.05) is 10.8 Å². The van der Waals surface area contributed by atoms with Gasteiger partial charge in [-0.1, -0.05) is 64.2 Å². The molecule has 2 aliphatic carbocycles. The topological polar surface area (TPSA) is 34.1 Å². The maximum absolute atomic E-state index is 12.0. The van der Waals surface area contributed by atoms with Crippen LogP contribution in [0.4, 0.5) is 0 Å². The zero-order valence-corrected chi connectivity index (χ0v) is 12.9. The van der Waals surface area contributed by atoms with E-state index >= 15 is 0 Å². The minimum Gasteiger partial charge on any atom is -0.303 e. The van der Waals surface area contributed by atoms with Gasteiger partial charge in [0.05, 0.1) is 0 Å². The van der Waals surface area contributed by atoms with Crippen molar-refractivity contribution in [1.29, 1.82) is 0 Å². The SMILES string of the molecule is O=CC1(C2(C=O)CCCCCCC2)CCCCCCC1. The minimum absolute atomic E-state index is 0.355. The Morgan fingerprint density at radius 3 is 0.950 bits per heavy atom. The van der Waals surface area contributed by atoms with E-state index in [1.807, 2.05) is 0 Å². The first-order chi connectivity index (χ1) is 9.79. The summed E-state index contributed by atoms with van der Waals surface area (Å²) in [6.45, 7) is 0. The molecule has 2 rings (SSSR count). The smallest absolute Gasteiger partial charge is 0.127 e. The highest BCUT2D eigenvalue weighted by Crippen LogP contribution is 2.52. The van der Waals surface area contributed by atoms with Crippen LogP contribution >= 0.6 is 0 Å². The largest absolute Gasteiger partial charge is 0.303 e. The molecule has 0 bridgehead atoms. The molecular formula is C18H30O2. The summed E-state index contributed by atoms with van der Waals surface area (Å²) in [6, 6.07) is 0. The molecule has 2 aliphatic rings. The molecular weight excluding hydrogens is 248 g/mol. The Morgan fingerprint density at radius 1 is 0.450 bits per heavy atom. The molecule has 0 aromatic heterocycles. The summed E-state index contributed by atoms with van der Waals surface area (Å²) in [7, 11) is 0. The molecule has 0 saturated heterocycles. The first-order valence-corrected chi connectivity index (χ1v) is 8.71. The summed E-state index contributed by atoms with van der Waals surface area (Å²) in [5, 5.41) is 0. The zero-order chi connectivity index (χ0) is 14.3. The summed E-state index contributed by atoms with van der Waals surface area (Å²) in [6.07, 6.45) is 18.1. The number of carbonyl (C=O) groups is 2. The van der Waals surface area contributed by atoms with Crippen molar-refractivity contribution in [3.8, 4) is 0 Å². The summed E-state index contributed by atoms with van der Waals surface area (Å²) in [5.74, 6) is 0. The second kappa shape index (κ2) is 7.38. The highest BCUT2D eigenvalue weighted by Gasteiger charge is 2.50.